The summed E-state index contributed by atoms with van der Waals surface area (Å²) in [5.41, 5.74) is 0.899. The first-order valence-corrected chi connectivity index (χ1v) is 6.78. The first-order chi connectivity index (χ1) is 9.86. The van der Waals surface area contributed by atoms with Gasteiger partial charge in [0.2, 0.25) is 0 Å². The highest BCUT2D eigenvalue weighted by Gasteiger charge is 2.18. The van der Waals surface area contributed by atoms with Crippen LogP contribution in [0.1, 0.15) is 26.3 Å². The maximum Gasteiger partial charge on any atom is 0.347 e. The molecule has 1 aromatic heterocycles. The fourth-order valence-electron chi connectivity index (χ4n) is 1.95. The molecule has 21 heavy (non-hydrogen) atoms. The Bertz CT molecular complexity index is 714. The quantitative estimate of drug-likeness (QED) is 0.640. The Morgan fingerprint density at radius 1 is 1.19 bits per heavy atom. The van der Waals surface area contributed by atoms with Crippen molar-refractivity contribution in [2.75, 3.05) is 0 Å². The molecule has 0 spiro atoms. The highest BCUT2D eigenvalue weighted by Crippen LogP contribution is 2.23. The standard InChI is InChI=1S/C16H18O5/c1-9(2)19-16(18)11(4)20-12-5-6-14-13(8-12)10(3)7-15(17)21-14/h5-9,11H,1-4H3/t11-/m0/s1. The molecule has 0 N–H and O–H groups in total. The van der Waals surface area contributed by atoms with Gasteiger partial charge in [0.1, 0.15) is 11.3 Å². The van der Waals surface area contributed by atoms with Gasteiger partial charge in [-0.3, -0.25) is 0 Å². The van der Waals surface area contributed by atoms with Crippen molar-refractivity contribution in [2.24, 2.45) is 0 Å². The Morgan fingerprint density at radius 3 is 2.57 bits per heavy atom. The van der Waals surface area contributed by atoms with Crippen LogP contribution in [0, 0.1) is 6.92 Å². The van der Waals surface area contributed by atoms with Crippen LogP contribution in [-0.2, 0) is 9.53 Å². The number of benzene rings is 1. The smallest absolute Gasteiger partial charge is 0.347 e. The Balaban J connectivity index is 2.23. The second-order valence-corrected chi connectivity index (χ2v) is 5.15. The first kappa shape index (κ1) is 15.1. The largest absolute Gasteiger partial charge is 0.479 e. The average molecular weight is 290 g/mol. The van der Waals surface area contributed by atoms with Crippen molar-refractivity contribution >= 4 is 16.9 Å². The zero-order chi connectivity index (χ0) is 15.6. The number of hydrogen-bond donors (Lipinski definition) is 0. The van der Waals surface area contributed by atoms with Gasteiger partial charge in [0.15, 0.2) is 6.10 Å². The molecule has 2 aromatic rings. The number of ether oxygens (including phenoxy) is 2. The van der Waals surface area contributed by atoms with Crippen LogP contribution in [0.4, 0.5) is 0 Å². The van der Waals surface area contributed by atoms with E-state index in [9.17, 15) is 9.59 Å². The highest BCUT2D eigenvalue weighted by atomic mass is 16.6. The van der Waals surface area contributed by atoms with Crippen LogP contribution in [0.5, 0.6) is 5.75 Å². The molecule has 0 bridgehead atoms. The summed E-state index contributed by atoms with van der Waals surface area (Å²) in [5, 5.41) is 0.775. The molecule has 1 aromatic carbocycles. The van der Waals surface area contributed by atoms with Gasteiger partial charge in [-0.1, -0.05) is 0 Å². The zero-order valence-corrected chi connectivity index (χ0v) is 12.5. The molecule has 0 saturated heterocycles. The molecule has 0 radical (unpaired) electrons. The van der Waals surface area contributed by atoms with Gasteiger partial charge in [0.25, 0.3) is 0 Å². The molecule has 2 rings (SSSR count). The average Bonchev–Trinajstić information content (AvgIpc) is 2.38. The first-order valence-electron chi connectivity index (χ1n) is 6.78. The maximum atomic E-state index is 11.7. The number of aryl methyl sites for hydroxylation is 1. The Hall–Kier alpha value is -2.30. The van der Waals surface area contributed by atoms with Crippen molar-refractivity contribution in [3.05, 3.63) is 40.2 Å². The molecule has 5 nitrogen and oxygen atoms in total. The Labute approximate surface area is 122 Å². The van der Waals surface area contributed by atoms with Crippen LogP contribution in [-0.4, -0.2) is 18.2 Å². The maximum absolute atomic E-state index is 11.7. The van der Waals surface area contributed by atoms with Crippen LogP contribution < -0.4 is 10.4 Å². The number of esters is 1. The summed E-state index contributed by atoms with van der Waals surface area (Å²) >= 11 is 0. The third-order valence-corrected chi connectivity index (χ3v) is 2.92. The lowest BCUT2D eigenvalue weighted by atomic mass is 10.1. The summed E-state index contributed by atoms with van der Waals surface area (Å²) in [7, 11) is 0. The third kappa shape index (κ3) is 3.62. The summed E-state index contributed by atoms with van der Waals surface area (Å²) in [4.78, 5) is 23.0. The SMILES string of the molecule is Cc1cc(=O)oc2ccc(O[C@@H](C)C(=O)OC(C)C)cc12. The van der Waals surface area contributed by atoms with Crippen molar-refractivity contribution in [2.45, 2.75) is 39.9 Å². The van der Waals surface area contributed by atoms with Gasteiger partial charge in [0, 0.05) is 11.5 Å². The van der Waals surface area contributed by atoms with Crippen LogP contribution in [0.15, 0.2) is 33.5 Å². The molecule has 1 heterocycles. The van der Waals surface area contributed by atoms with E-state index >= 15 is 0 Å². The predicted octanol–water partition coefficient (Wildman–Crippen LogP) is 2.82. The van der Waals surface area contributed by atoms with Crippen LogP contribution in [0.25, 0.3) is 11.0 Å². The zero-order valence-electron chi connectivity index (χ0n) is 12.5. The van der Waals surface area contributed by atoms with Crippen molar-refractivity contribution in [1.82, 2.24) is 0 Å². The van der Waals surface area contributed by atoms with Gasteiger partial charge in [-0.05, 0) is 51.5 Å². The third-order valence-electron chi connectivity index (χ3n) is 2.92. The molecule has 0 unspecified atom stereocenters. The van der Waals surface area contributed by atoms with E-state index in [4.69, 9.17) is 13.9 Å². The van der Waals surface area contributed by atoms with E-state index in [1.807, 2.05) is 6.92 Å². The molecule has 1 atom stereocenters. The number of fused-ring (bicyclic) bond motifs is 1. The molecule has 5 heteroatoms. The van der Waals surface area contributed by atoms with Gasteiger partial charge in [-0.25, -0.2) is 9.59 Å². The van der Waals surface area contributed by atoms with Crippen LogP contribution >= 0.6 is 0 Å². The molecule has 0 saturated carbocycles. The lowest BCUT2D eigenvalue weighted by molar-refractivity contribution is -0.154. The van der Waals surface area contributed by atoms with E-state index in [-0.39, 0.29) is 11.7 Å². The molecule has 0 fully saturated rings. The molecule has 112 valence electrons. The number of hydrogen-bond acceptors (Lipinski definition) is 5. The van der Waals surface area contributed by atoms with E-state index in [2.05, 4.69) is 0 Å². The lowest BCUT2D eigenvalue weighted by Gasteiger charge is -2.16. The van der Waals surface area contributed by atoms with Crippen LogP contribution in [0.3, 0.4) is 0 Å². The normalized spacial score (nSPS) is 12.4. The van der Waals surface area contributed by atoms with Gasteiger partial charge in [0.05, 0.1) is 6.10 Å². The minimum absolute atomic E-state index is 0.184. The molecule has 0 aliphatic carbocycles. The van der Waals surface area contributed by atoms with Crippen molar-refractivity contribution in [3.8, 4) is 5.75 Å². The Morgan fingerprint density at radius 2 is 1.90 bits per heavy atom. The van der Waals surface area contributed by atoms with E-state index in [1.54, 1.807) is 39.0 Å². The van der Waals surface area contributed by atoms with Crippen molar-refractivity contribution in [3.63, 3.8) is 0 Å². The molecule has 0 aliphatic rings. The van der Waals surface area contributed by atoms with Gasteiger partial charge >= 0.3 is 11.6 Å². The lowest BCUT2D eigenvalue weighted by Crippen LogP contribution is -2.28. The fraction of sp³-hybridized carbons (Fsp3) is 0.375. The number of carbonyl (C=O) groups is 1. The minimum Gasteiger partial charge on any atom is -0.479 e. The summed E-state index contributed by atoms with van der Waals surface area (Å²) in [6, 6.07) is 6.47. The van der Waals surface area contributed by atoms with Gasteiger partial charge < -0.3 is 13.9 Å². The monoisotopic (exact) mass is 290 g/mol. The van der Waals surface area contributed by atoms with E-state index in [1.165, 1.54) is 6.07 Å². The summed E-state index contributed by atoms with van der Waals surface area (Å²) in [6.45, 7) is 7.02. The fourth-order valence-corrected chi connectivity index (χ4v) is 1.95. The second kappa shape index (κ2) is 5.99. The summed E-state index contributed by atoms with van der Waals surface area (Å²) in [6.07, 6.45) is -0.891. The van der Waals surface area contributed by atoms with Crippen LogP contribution in [0.2, 0.25) is 0 Å². The van der Waals surface area contributed by atoms with Crippen molar-refractivity contribution in [1.29, 1.82) is 0 Å². The minimum atomic E-state index is -0.708. The molecular formula is C16H18O5. The predicted molar refractivity (Wildman–Crippen MR) is 78.5 cm³/mol. The van der Waals surface area contributed by atoms with E-state index in [0.29, 0.717) is 11.3 Å². The molecule has 0 aliphatic heterocycles. The number of carbonyl (C=O) groups excluding carboxylic acids is 1. The number of rotatable bonds is 4. The molecule has 0 amide bonds. The van der Waals surface area contributed by atoms with Gasteiger partial charge in [-0.2, -0.15) is 0 Å². The Kier molecular flexibility index (Phi) is 4.31. The second-order valence-electron chi connectivity index (χ2n) is 5.15. The summed E-state index contributed by atoms with van der Waals surface area (Å²) in [5.74, 6) is 0.106. The molecular weight excluding hydrogens is 272 g/mol. The highest BCUT2D eigenvalue weighted by molar-refractivity contribution is 5.81. The van der Waals surface area contributed by atoms with Gasteiger partial charge in [-0.15, -0.1) is 0 Å². The van der Waals surface area contributed by atoms with Crippen molar-refractivity contribution < 1.29 is 18.7 Å². The van der Waals surface area contributed by atoms with E-state index in [0.717, 1.165) is 10.9 Å². The summed E-state index contributed by atoms with van der Waals surface area (Å²) < 4.78 is 15.8. The van der Waals surface area contributed by atoms with E-state index < -0.39 is 12.1 Å². The topological polar surface area (TPSA) is 65.7 Å².